The maximum absolute atomic E-state index is 13.4. The summed E-state index contributed by atoms with van der Waals surface area (Å²) in [4.78, 5) is 29.5. The summed E-state index contributed by atoms with van der Waals surface area (Å²) in [5.41, 5.74) is 1.54. The molecule has 4 aliphatic heterocycles. The molecule has 158 valence electrons. The van der Waals surface area contributed by atoms with Gasteiger partial charge < -0.3 is 19.5 Å². The highest BCUT2D eigenvalue weighted by Gasteiger charge is 2.63. The average Bonchev–Trinajstić information content (AvgIpc) is 2.89. The Balaban J connectivity index is 1.54. The molecule has 7 nitrogen and oxygen atoms in total. The second-order valence-corrected chi connectivity index (χ2v) is 8.50. The number of carbonyl (C=O) groups is 2. The van der Waals surface area contributed by atoms with E-state index in [2.05, 4.69) is 6.58 Å². The highest BCUT2D eigenvalue weighted by Crippen LogP contribution is 2.51. The first-order chi connectivity index (χ1) is 14.9. The summed E-state index contributed by atoms with van der Waals surface area (Å²) >= 11 is 0. The molecule has 0 bridgehead atoms. The lowest BCUT2D eigenvalue weighted by Gasteiger charge is -2.54. The third-order valence-electron chi connectivity index (χ3n) is 6.89. The molecule has 1 N–H and O–H groups in total. The van der Waals surface area contributed by atoms with Gasteiger partial charge in [-0.15, -0.1) is 0 Å². The summed E-state index contributed by atoms with van der Waals surface area (Å²) in [5, 5.41) is 12.1. The number of piperazine rings is 1. The van der Waals surface area contributed by atoms with Crippen LogP contribution >= 0.6 is 0 Å². The molecular weight excluding hydrogens is 396 g/mol. The molecule has 4 aliphatic rings. The van der Waals surface area contributed by atoms with Crippen molar-refractivity contribution in [3.8, 4) is 11.5 Å². The van der Waals surface area contributed by atoms with Gasteiger partial charge in [-0.3, -0.25) is 14.5 Å². The second-order valence-electron chi connectivity index (χ2n) is 8.50. The van der Waals surface area contributed by atoms with Gasteiger partial charge in [0, 0.05) is 28.8 Å². The summed E-state index contributed by atoms with van der Waals surface area (Å²) in [5.74, 6) is 0.710. The van der Waals surface area contributed by atoms with Gasteiger partial charge >= 0.3 is 0 Å². The first-order valence-electron chi connectivity index (χ1n) is 10.5. The van der Waals surface area contributed by atoms with Crippen LogP contribution in [-0.2, 0) is 16.9 Å². The minimum atomic E-state index is -1.63. The highest BCUT2D eigenvalue weighted by molar-refractivity contribution is 6.05. The zero-order valence-corrected chi connectivity index (χ0v) is 17.1. The highest BCUT2D eigenvalue weighted by atomic mass is 16.5. The lowest BCUT2D eigenvalue weighted by Crippen LogP contribution is -2.70. The standard InChI is InChI=1S/C24H22N2O5/c1-13-17-12-20-19(30-8-5-9-31-20)10-15(17)11-21-24(29)18-7-4-3-6-16(18)23(28)26(24)14(2)22(27)25(13)21/h3-4,6-7,10,12,14,21,29H,1,5,8-9,11H2,2H3/t14-,21+,24+/m1/s1. The van der Waals surface area contributed by atoms with Crippen LogP contribution in [0.25, 0.3) is 5.70 Å². The molecule has 0 aliphatic carbocycles. The van der Waals surface area contributed by atoms with Gasteiger partial charge in [-0.1, -0.05) is 24.8 Å². The van der Waals surface area contributed by atoms with Gasteiger partial charge in [-0.25, -0.2) is 0 Å². The molecule has 31 heavy (non-hydrogen) atoms. The molecular formula is C24H22N2O5. The van der Waals surface area contributed by atoms with E-state index in [1.165, 1.54) is 4.90 Å². The molecule has 2 aromatic rings. The van der Waals surface area contributed by atoms with Crippen LogP contribution in [0.15, 0.2) is 43.0 Å². The molecule has 2 amide bonds. The van der Waals surface area contributed by atoms with Crippen LogP contribution in [0.4, 0.5) is 0 Å². The number of amides is 2. The third-order valence-corrected chi connectivity index (χ3v) is 6.89. The molecule has 0 aromatic heterocycles. The Kier molecular flexibility index (Phi) is 3.63. The van der Waals surface area contributed by atoms with Gasteiger partial charge in [-0.05, 0) is 37.1 Å². The smallest absolute Gasteiger partial charge is 0.257 e. The minimum absolute atomic E-state index is 0.251. The number of aliphatic hydroxyl groups is 1. The summed E-state index contributed by atoms with van der Waals surface area (Å²) < 4.78 is 11.7. The first kappa shape index (κ1) is 18.4. The summed E-state index contributed by atoms with van der Waals surface area (Å²) in [6.07, 6.45) is 1.15. The van der Waals surface area contributed by atoms with E-state index in [9.17, 15) is 14.7 Å². The van der Waals surface area contributed by atoms with E-state index in [0.29, 0.717) is 48.0 Å². The van der Waals surface area contributed by atoms with Crippen molar-refractivity contribution in [2.45, 2.75) is 37.6 Å². The van der Waals surface area contributed by atoms with E-state index in [4.69, 9.17) is 9.47 Å². The lowest BCUT2D eigenvalue weighted by atomic mass is 9.80. The van der Waals surface area contributed by atoms with Crippen molar-refractivity contribution >= 4 is 17.5 Å². The fourth-order valence-electron chi connectivity index (χ4n) is 5.44. The molecule has 2 aromatic carbocycles. The Morgan fingerprint density at radius 1 is 1.10 bits per heavy atom. The zero-order valence-electron chi connectivity index (χ0n) is 17.1. The van der Waals surface area contributed by atoms with Gasteiger partial charge in [0.25, 0.3) is 5.91 Å². The molecule has 1 fully saturated rings. The maximum atomic E-state index is 13.4. The van der Waals surface area contributed by atoms with Crippen molar-refractivity contribution < 1.29 is 24.2 Å². The van der Waals surface area contributed by atoms with Gasteiger partial charge in [0.05, 0.1) is 19.3 Å². The van der Waals surface area contributed by atoms with E-state index in [-0.39, 0.29) is 11.8 Å². The van der Waals surface area contributed by atoms with Crippen LogP contribution in [0, 0.1) is 0 Å². The van der Waals surface area contributed by atoms with Crippen molar-refractivity contribution in [1.29, 1.82) is 0 Å². The molecule has 3 atom stereocenters. The van der Waals surface area contributed by atoms with Crippen molar-refractivity contribution in [2.75, 3.05) is 13.2 Å². The third kappa shape index (κ3) is 2.21. The van der Waals surface area contributed by atoms with Crippen LogP contribution in [0.3, 0.4) is 0 Å². The minimum Gasteiger partial charge on any atom is -0.490 e. The Bertz CT molecular complexity index is 1170. The summed E-state index contributed by atoms with van der Waals surface area (Å²) in [6, 6.07) is 9.31. The average molecular weight is 418 g/mol. The summed E-state index contributed by atoms with van der Waals surface area (Å²) in [6.45, 7) is 7.00. The Morgan fingerprint density at radius 2 is 1.81 bits per heavy atom. The molecule has 0 unspecified atom stereocenters. The molecule has 4 heterocycles. The topological polar surface area (TPSA) is 79.3 Å². The fraction of sp³-hybridized carbons (Fsp3) is 0.333. The number of benzene rings is 2. The number of nitrogens with zero attached hydrogens (tertiary/aromatic N) is 2. The van der Waals surface area contributed by atoms with Crippen molar-refractivity contribution in [1.82, 2.24) is 9.80 Å². The lowest BCUT2D eigenvalue weighted by molar-refractivity contribution is -0.189. The van der Waals surface area contributed by atoms with Gasteiger partial charge in [0.1, 0.15) is 6.04 Å². The number of hydrogen-bond donors (Lipinski definition) is 1. The zero-order chi connectivity index (χ0) is 21.5. The van der Waals surface area contributed by atoms with Crippen LogP contribution in [-0.4, -0.2) is 52.0 Å². The Labute approximate surface area is 179 Å². The predicted molar refractivity (Wildman–Crippen MR) is 111 cm³/mol. The van der Waals surface area contributed by atoms with E-state index in [1.807, 2.05) is 12.1 Å². The van der Waals surface area contributed by atoms with Crippen LogP contribution in [0.2, 0.25) is 0 Å². The maximum Gasteiger partial charge on any atom is 0.257 e. The van der Waals surface area contributed by atoms with Crippen molar-refractivity contribution in [2.24, 2.45) is 0 Å². The predicted octanol–water partition coefficient (Wildman–Crippen LogP) is 2.28. The molecule has 6 rings (SSSR count). The van der Waals surface area contributed by atoms with Gasteiger partial charge in [0.2, 0.25) is 5.91 Å². The van der Waals surface area contributed by atoms with Crippen molar-refractivity contribution in [3.63, 3.8) is 0 Å². The SMILES string of the molecule is C=C1c2cc3c(cc2C[C@@H]2N1C(=O)[C@@H](C)N1C(=O)c4ccccc4[C@]21O)OCCCO3. The quantitative estimate of drug-likeness (QED) is 0.710. The molecule has 0 saturated carbocycles. The Hall–Kier alpha value is -3.32. The van der Waals surface area contributed by atoms with Crippen LogP contribution < -0.4 is 9.47 Å². The number of ether oxygens (including phenoxy) is 2. The largest absolute Gasteiger partial charge is 0.490 e. The fourth-order valence-corrected chi connectivity index (χ4v) is 5.44. The number of carbonyl (C=O) groups excluding carboxylic acids is 2. The molecule has 0 spiro atoms. The Morgan fingerprint density at radius 3 is 2.58 bits per heavy atom. The first-order valence-corrected chi connectivity index (χ1v) is 10.5. The number of rotatable bonds is 0. The number of hydrogen-bond acceptors (Lipinski definition) is 5. The summed E-state index contributed by atoms with van der Waals surface area (Å²) in [7, 11) is 0. The van der Waals surface area contributed by atoms with E-state index >= 15 is 0 Å². The normalized spacial score (nSPS) is 28.5. The van der Waals surface area contributed by atoms with E-state index < -0.39 is 17.8 Å². The van der Waals surface area contributed by atoms with E-state index in [1.54, 1.807) is 36.1 Å². The molecule has 7 heteroatoms. The second kappa shape index (κ2) is 6.11. The molecule has 1 saturated heterocycles. The monoisotopic (exact) mass is 418 g/mol. The van der Waals surface area contributed by atoms with Crippen LogP contribution in [0.1, 0.15) is 40.4 Å². The van der Waals surface area contributed by atoms with E-state index in [0.717, 1.165) is 17.5 Å². The van der Waals surface area contributed by atoms with Gasteiger partial charge in [0.15, 0.2) is 17.2 Å². The van der Waals surface area contributed by atoms with Crippen molar-refractivity contribution in [3.05, 3.63) is 65.2 Å². The van der Waals surface area contributed by atoms with Crippen LogP contribution in [0.5, 0.6) is 11.5 Å². The molecule has 0 radical (unpaired) electrons. The van der Waals surface area contributed by atoms with Gasteiger partial charge in [-0.2, -0.15) is 0 Å². The number of fused-ring (bicyclic) bond motifs is 7.